The minimum atomic E-state index is -4.76. The first-order valence-electron chi connectivity index (χ1n) is 14.8. The van der Waals surface area contributed by atoms with Crippen LogP contribution >= 0.6 is 19.4 Å². The van der Waals surface area contributed by atoms with Gasteiger partial charge in [0.1, 0.15) is 5.75 Å². The van der Waals surface area contributed by atoms with E-state index in [1.807, 2.05) is 42.5 Å². The van der Waals surface area contributed by atoms with Crippen LogP contribution in [0.3, 0.4) is 0 Å². The van der Waals surface area contributed by atoms with Gasteiger partial charge in [-0.25, -0.2) is 4.57 Å². The zero-order chi connectivity index (χ0) is 33.5. The molecule has 0 saturated heterocycles. The molecule has 1 atom stereocenters. The van der Waals surface area contributed by atoms with Gasteiger partial charge in [0.2, 0.25) is 0 Å². The number of carbonyl (C=O) groups is 2. The van der Waals surface area contributed by atoms with Crippen molar-refractivity contribution in [1.29, 1.82) is 0 Å². The number of hydrogen-bond acceptors (Lipinski definition) is 5. The van der Waals surface area contributed by atoms with E-state index in [0.717, 1.165) is 12.0 Å². The maximum Gasteiger partial charge on any atom is 0.524 e. The van der Waals surface area contributed by atoms with Gasteiger partial charge in [0, 0.05) is 65.3 Å². The Balaban J connectivity index is 1.39. The highest BCUT2D eigenvalue weighted by atomic mass is 35.5. The lowest BCUT2D eigenvalue weighted by atomic mass is 9.93. The van der Waals surface area contributed by atoms with Gasteiger partial charge in [-0.15, -0.1) is 0 Å². The maximum absolute atomic E-state index is 14.4. The number of benzene rings is 3. The Hall–Kier alpha value is -4.73. The van der Waals surface area contributed by atoms with Crippen LogP contribution in [0.25, 0.3) is 11.3 Å². The Bertz CT molecular complexity index is 2030. The van der Waals surface area contributed by atoms with Gasteiger partial charge in [-0.2, -0.15) is 0 Å². The van der Waals surface area contributed by atoms with Crippen LogP contribution in [-0.2, 0) is 24.6 Å². The predicted molar refractivity (Wildman–Crippen MR) is 180 cm³/mol. The van der Waals surface area contributed by atoms with E-state index in [4.69, 9.17) is 16.1 Å². The minimum absolute atomic E-state index is 0.0133. The van der Waals surface area contributed by atoms with Crippen LogP contribution in [0.2, 0.25) is 5.02 Å². The molecule has 0 saturated carbocycles. The van der Waals surface area contributed by atoms with Crippen LogP contribution in [0.5, 0.6) is 5.75 Å². The summed E-state index contributed by atoms with van der Waals surface area (Å²) in [7, 11) is -2.93. The summed E-state index contributed by atoms with van der Waals surface area (Å²) in [6, 6.07) is 24.3. The summed E-state index contributed by atoms with van der Waals surface area (Å²) >= 11 is 6.50. The van der Waals surface area contributed by atoms with Crippen molar-refractivity contribution in [3.05, 3.63) is 130 Å². The number of phosphoric acid groups is 1. The van der Waals surface area contributed by atoms with E-state index in [9.17, 15) is 23.9 Å². The highest BCUT2D eigenvalue weighted by Crippen LogP contribution is 2.39. The molecule has 0 radical (unpaired) electrons. The average molecular weight is 671 g/mol. The molecule has 3 aromatic carbocycles. The summed E-state index contributed by atoms with van der Waals surface area (Å²) in [4.78, 5) is 54.4. The van der Waals surface area contributed by atoms with E-state index in [1.165, 1.54) is 34.7 Å². The summed E-state index contributed by atoms with van der Waals surface area (Å²) in [5, 5.41) is 0.455. The molecule has 1 aliphatic heterocycles. The Labute approximate surface area is 277 Å². The predicted octanol–water partition coefficient (Wildman–Crippen LogP) is 7.09. The number of fused-ring (bicyclic) bond motifs is 1. The number of phosphoric ester groups is 1. The summed E-state index contributed by atoms with van der Waals surface area (Å²) in [5.41, 5.74) is 6.08. The largest absolute Gasteiger partial charge is 0.524 e. The zero-order valence-electron chi connectivity index (χ0n) is 25.9. The lowest BCUT2D eigenvalue weighted by molar-refractivity contribution is 0.0659. The second kappa shape index (κ2) is 12.8. The number of aromatic nitrogens is 2. The van der Waals surface area contributed by atoms with Crippen molar-refractivity contribution in [1.82, 2.24) is 14.5 Å². The van der Waals surface area contributed by atoms with Gasteiger partial charge in [-0.3, -0.25) is 29.3 Å². The van der Waals surface area contributed by atoms with Crippen LogP contribution in [0.4, 0.5) is 11.4 Å². The van der Waals surface area contributed by atoms with Gasteiger partial charge >= 0.3 is 7.82 Å². The molecule has 0 bridgehead atoms. The Morgan fingerprint density at radius 2 is 1.60 bits per heavy atom. The van der Waals surface area contributed by atoms with Gasteiger partial charge in [-0.05, 0) is 92.1 Å². The second-order valence-electron chi connectivity index (χ2n) is 11.5. The topological polar surface area (TPSA) is 125 Å². The normalized spacial score (nSPS) is 14.4. The number of hydrogen-bond donors (Lipinski definition) is 2. The van der Waals surface area contributed by atoms with Crippen molar-refractivity contribution in [3.63, 3.8) is 0 Å². The fourth-order valence-corrected chi connectivity index (χ4v) is 6.55. The van der Waals surface area contributed by atoms with Crippen LogP contribution in [0.1, 0.15) is 44.5 Å². The molecule has 3 heterocycles. The third-order valence-electron chi connectivity index (χ3n) is 8.46. The summed E-state index contributed by atoms with van der Waals surface area (Å²) in [6.07, 6.45) is 3.88. The molecule has 0 aliphatic carbocycles. The van der Waals surface area contributed by atoms with Crippen LogP contribution in [0, 0.1) is 6.92 Å². The van der Waals surface area contributed by atoms with Gasteiger partial charge in [-0.1, -0.05) is 35.9 Å². The average Bonchev–Trinajstić information content (AvgIpc) is 3.34. The SMILES string of the molecule is Cc1c(C(=O)N(c2ccncc2)c2ccc(OP(=O)(O)O)cc2)cc(-c2cc(Cl)ccc2C(=O)N2Cc3ccccc3C[C@H]2C)n1C. The molecule has 10 nitrogen and oxygen atoms in total. The van der Waals surface area contributed by atoms with Crippen molar-refractivity contribution in [3.8, 4) is 17.0 Å². The first-order chi connectivity index (χ1) is 22.4. The third-order valence-corrected chi connectivity index (χ3v) is 9.15. The standard InChI is InChI=1S/C35H32ClN4O6P/c1-22-18-24-6-4-5-7-25(24)21-39(22)34(41)30-13-8-26(36)19-32(30)33-20-31(23(2)38(33)3)35(42)40(28-14-16-37-17-15-28)27-9-11-29(12-10-27)46-47(43,44)45/h4-17,19-20,22H,18,21H2,1-3H3,(H2,43,44,45)/t22-/m1/s1. The third kappa shape index (κ3) is 6.59. The summed E-state index contributed by atoms with van der Waals surface area (Å²) in [6.45, 7) is 4.37. The van der Waals surface area contributed by atoms with E-state index in [-0.39, 0.29) is 23.6 Å². The molecule has 2 N–H and O–H groups in total. The van der Waals surface area contributed by atoms with Crippen molar-refractivity contribution in [2.45, 2.75) is 32.9 Å². The number of pyridine rings is 1. The summed E-state index contributed by atoms with van der Waals surface area (Å²) < 4.78 is 17.9. The van der Waals surface area contributed by atoms with Crippen molar-refractivity contribution in [2.75, 3.05) is 4.90 Å². The van der Waals surface area contributed by atoms with Crippen molar-refractivity contribution < 1.29 is 28.5 Å². The van der Waals surface area contributed by atoms with E-state index in [1.54, 1.807) is 48.8 Å². The molecule has 0 fully saturated rings. The zero-order valence-corrected chi connectivity index (χ0v) is 27.5. The molecule has 0 unspecified atom stereocenters. The second-order valence-corrected chi connectivity index (χ2v) is 13.1. The van der Waals surface area contributed by atoms with Crippen LogP contribution in [0.15, 0.2) is 97.3 Å². The summed E-state index contributed by atoms with van der Waals surface area (Å²) in [5.74, 6) is -0.538. The van der Waals surface area contributed by atoms with E-state index in [0.29, 0.717) is 51.0 Å². The Morgan fingerprint density at radius 1 is 0.936 bits per heavy atom. The Morgan fingerprint density at radius 3 is 2.28 bits per heavy atom. The molecule has 2 amide bonds. The van der Waals surface area contributed by atoms with Gasteiger partial charge in [0.15, 0.2) is 0 Å². The van der Waals surface area contributed by atoms with Gasteiger partial charge in [0.05, 0.1) is 11.3 Å². The highest BCUT2D eigenvalue weighted by Gasteiger charge is 2.31. The smallest absolute Gasteiger partial charge is 0.404 e. The lowest BCUT2D eigenvalue weighted by Crippen LogP contribution is -2.42. The van der Waals surface area contributed by atoms with E-state index < -0.39 is 7.82 Å². The molecular formula is C35H32ClN4O6P. The van der Waals surface area contributed by atoms with Crippen molar-refractivity contribution >= 4 is 42.6 Å². The minimum Gasteiger partial charge on any atom is -0.404 e. The van der Waals surface area contributed by atoms with Crippen LogP contribution < -0.4 is 9.42 Å². The first-order valence-corrected chi connectivity index (χ1v) is 16.8. The molecule has 240 valence electrons. The molecule has 1 aliphatic rings. The monoisotopic (exact) mass is 670 g/mol. The number of anilines is 2. The lowest BCUT2D eigenvalue weighted by Gasteiger charge is -2.35. The number of halogens is 1. The molecule has 5 aromatic rings. The number of nitrogens with zero attached hydrogens (tertiary/aromatic N) is 4. The quantitative estimate of drug-likeness (QED) is 0.177. The van der Waals surface area contributed by atoms with E-state index >= 15 is 0 Å². The molecule has 47 heavy (non-hydrogen) atoms. The number of amides is 2. The fraction of sp³-hybridized carbons (Fsp3) is 0.171. The Kier molecular flexibility index (Phi) is 8.78. The van der Waals surface area contributed by atoms with E-state index in [2.05, 4.69) is 17.1 Å². The molecular weight excluding hydrogens is 639 g/mol. The van der Waals surface area contributed by atoms with Gasteiger partial charge in [0.25, 0.3) is 11.8 Å². The molecule has 6 rings (SSSR count). The fourth-order valence-electron chi connectivity index (χ4n) is 5.99. The molecule has 12 heteroatoms. The highest BCUT2D eigenvalue weighted by molar-refractivity contribution is 7.46. The number of rotatable bonds is 7. The molecule has 0 spiro atoms. The van der Waals surface area contributed by atoms with Gasteiger partial charge < -0.3 is 14.0 Å². The maximum atomic E-state index is 14.4. The van der Waals surface area contributed by atoms with Crippen LogP contribution in [-0.4, -0.2) is 42.1 Å². The molecule has 2 aromatic heterocycles. The van der Waals surface area contributed by atoms with Crippen molar-refractivity contribution in [2.24, 2.45) is 7.05 Å². The first kappa shape index (κ1) is 32.2. The number of carbonyl (C=O) groups excluding carboxylic acids is 2.